The highest BCUT2D eigenvalue weighted by Crippen LogP contribution is 2.31. The molecule has 0 unspecified atom stereocenters. The SMILES string of the molecule is CC(C)=C(c1ccc(-c2ccccc2)c(F)c1)c1cc(CN=C(N)N2CCOCC2)no1. The molecule has 166 valence electrons. The van der Waals surface area contributed by atoms with E-state index in [0.717, 1.165) is 35.4 Å². The van der Waals surface area contributed by atoms with Gasteiger partial charge in [-0.2, -0.15) is 0 Å². The van der Waals surface area contributed by atoms with Crippen LogP contribution in [0.4, 0.5) is 4.39 Å². The summed E-state index contributed by atoms with van der Waals surface area (Å²) in [5, 5.41) is 4.14. The summed E-state index contributed by atoms with van der Waals surface area (Å²) in [4.78, 5) is 6.42. The minimum Gasteiger partial charge on any atom is -0.378 e. The molecule has 0 bridgehead atoms. The van der Waals surface area contributed by atoms with E-state index in [1.807, 2.05) is 61.2 Å². The van der Waals surface area contributed by atoms with Crippen molar-refractivity contribution in [2.24, 2.45) is 10.7 Å². The van der Waals surface area contributed by atoms with Gasteiger partial charge in [-0.3, -0.25) is 0 Å². The molecule has 2 N–H and O–H groups in total. The van der Waals surface area contributed by atoms with Gasteiger partial charge in [-0.15, -0.1) is 0 Å². The lowest BCUT2D eigenvalue weighted by atomic mass is 9.95. The van der Waals surface area contributed by atoms with E-state index >= 15 is 0 Å². The smallest absolute Gasteiger partial charge is 0.191 e. The molecular weight excluding hydrogens is 407 g/mol. The van der Waals surface area contributed by atoms with Crippen molar-refractivity contribution in [1.29, 1.82) is 0 Å². The Balaban J connectivity index is 1.55. The molecule has 1 aliphatic heterocycles. The van der Waals surface area contributed by atoms with Gasteiger partial charge in [0, 0.05) is 30.3 Å². The fraction of sp³-hybridized carbons (Fsp3) is 0.280. The van der Waals surface area contributed by atoms with Crippen molar-refractivity contribution in [3.63, 3.8) is 0 Å². The first kappa shape index (κ1) is 21.8. The molecule has 1 aliphatic rings. The first-order valence-electron chi connectivity index (χ1n) is 10.6. The molecule has 32 heavy (non-hydrogen) atoms. The molecule has 4 rings (SSSR count). The molecule has 0 radical (unpaired) electrons. The standard InChI is InChI=1S/C25H27FN4O2/c1-17(2)24(19-8-9-21(22(26)14-19)18-6-4-3-5-7-18)23-15-20(29-32-23)16-28-25(27)30-10-12-31-13-11-30/h3-9,14-15H,10-13,16H2,1-2H3,(H2,27,28). The number of benzene rings is 2. The van der Waals surface area contributed by atoms with Gasteiger partial charge in [0.2, 0.25) is 0 Å². The van der Waals surface area contributed by atoms with Gasteiger partial charge in [-0.25, -0.2) is 9.38 Å². The van der Waals surface area contributed by atoms with Crippen molar-refractivity contribution in [2.45, 2.75) is 20.4 Å². The van der Waals surface area contributed by atoms with Crippen LogP contribution in [-0.4, -0.2) is 42.3 Å². The predicted octanol–water partition coefficient (Wildman–Crippen LogP) is 4.47. The van der Waals surface area contributed by atoms with Gasteiger partial charge in [-0.05, 0) is 31.0 Å². The lowest BCUT2D eigenvalue weighted by molar-refractivity contribution is 0.0674. The number of nitrogens with two attached hydrogens (primary N) is 1. The third kappa shape index (κ3) is 4.89. The van der Waals surface area contributed by atoms with E-state index in [4.69, 9.17) is 15.0 Å². The number of halogens is 1. The Bertz CT molecular complexity index is 1130. The number of allylic oxidation sites excluding steroid dienone is 1. The topological polar surface area (TPSA) is 76.9 Å². The maximum atomic E-state index is 15.0. The monoisotopic (exact) mass is 434 g/mol. The maximum absolute atomic E-state index is 15.0. The second kappa shape index (κ2) is 9.78. The number of aliphatic imine (C=N–C) groups is 1. The van der Waals surface area contributed by atoms with Crippen molar-refractivity contribution in [2.75, 3.05) is 26.3 Å². The first-order valence-corrected chi connectivity index (χ1v) is 10.6. The highest BCUT2D eigenvalue weighted by molar-refractivity contribution is 5.81. The maximum Gasteiger partial charge on any atom is 0.191 e. The summed E-state index contributed by atoms with van der Waals surface area (Å²) in [7, 11) is 0. The average Bonchev–Trinajstić information content (AvgIpc) is 3.27. The average molecular weight is 435 g/mol. The molecule has 3 aromatic rings. The quantitative estimate of drug-likeness (QED) is 0.474. The van der Waals surface area contributed by atoms with Crippen LogP contribution in [0, 0.1) is 5.82 Å². The largest absolute Gasteiger partial charge is 0.378 e. The zero-order chi connectivity index (χ0) is 22.5. The highest BCUT2D eigenvalue weighted by Gasteiger charge is 2.17. The molecule has 2 aromatic carbocycles. The summed E-state index contributed by atoms with van der Waals surface area (Å²) < 4.78 is 25.9. The van der Waals surface area contributed by atoms with Gasteiger partial charge in [0.1, 0.15) is 11.5 Å². The van der Waals surface area contributed by atoms with Crippen LogP contribution in [0.25, 0.3) is 16.7 Å². The van der Waals surface area contributed by atoms with Crippen LogP contribution >= 0.6 is 0 Å². The van der Waals surface area contributed by atoms with Crippen molar-refractivity contribution in [3.8, 4) is 11.1 Å². The first-order chi connectivity index (χ1) is 15.5. The molecule has 0 aliphatic carbocycles. The van der Waals surface area contributed by atoms with Crippen LogP contribution in [0.15, 0.2) is 69.7 Å². The number of hydrogen-bond donors (Lipinski definition) is 1. The molecule has 0 saturated carbocycles. The number of rotatable bonds is 5. The van der Waals surface area contributed by atoms with Crippen molar-refractivity contribution >= 4 is 11.5 Å². The minimum absolute atomic E-state index is 0.282. The van der Waals surface area contributed by atoms with E-state index < -0.39 is 0 Å². The second-order valence-electron chi connectivity index (χ2n) is 7.89. The third-order valence-electron chi connectivity index (χ3n) is 5.39. The number of aromatic nitrogens is 1. The van der Waals surface area contributed by atoms with Crippen molar-refractivity contribution in [3.05, 3.63) is 83.0 Å². The summed E-state index contributed by atoms with van der Waals surface area (Å²) in [6.45, 7) is 6.99. The summed E-state index contributed by atoms with van der Waals surface area (Å²) in [5.74, 6) is 0.765. The molecular formula is C25H27FN4O2. The molecule has 1 saturated heterocycles. The lowest BCUT2D eigenvalue weighted by Gasteiger charge is -2.27. The van der Waals surface area contributed by atoms with E-state index in [9.17, 15) is 4.39 Å². The Morgan fingerprint density at radius 2 is 1.84 bits per heavy atom. The predicted molar refractivity (Wildman–Crippen MR) is 123 cm³/mol. The van der Waals surface area contributed by atoms with Crippen LogP contribution < -0.4 is 5.73 Å². The van der Waals surface area contributed by atoms with E-state index in [-0.39, 0.29) is 5.82 Å². The van der Waals surface area contributed by atoms with Gasteiger partial charge in [0.15, 0.2) is 11.7 Å². The molecule has 1 fully saturated rings. The zero-order valence-corrected chi connectivity index (χ0v) is 18.3. The van der Waals surface area contributed by atoms with Crippen LogP contribution in [0.1, 0.15) is 30.9 Å². The summed E-state index contributed by atoms with van der Waals surface area (Å²) in [6.07, 6.45) is 0. The number of hydrogen-bond acceptors (Lipinski definition) is 4. The van der Waals surface area contributed by atoms with Crippen LogP contribution in [-0.2, 0) is 11.3 Å². The molecule has 6 nitrogen and oxygen atoms in total. The van der Waals surface area contributed by atoms with Gasteiger partial charge >= 0.3 is 0 Å². The van der Waals surface area contributed by atoms with Gasteiger partial charge in [0.05, 0.1) is 19.8 Å². The van der Waals surface area contributed by atoms with E-state index in [1.54, 1.807) is 12.1 Å². The number of guanidine groups is 1. The van der Waals surface area contributed by atoms with E-state index in [1.165, 1.54) is 0 Å². The van der Waals surface area contributed by atoms with Gasteiger partial charge in [-0.1, -0.05) is 53.2 Å². The van der Waals surface area contributed by atoms with Crippen molar-refractivity contribution in [1.82, 2.24) is 10.1 Å². The summed E-state index contributed by atoms with van der Waals surface area (Å²) in [6, 6.07) is 16.6. The van der Waals surface area contributed by atoms with Crippen LogP contribution in [0.3, 0.4) is 0 Å². The number of morpholine rings is 1. The Kier molecular flexibility index (Phi) is 6.66. The summed E-state index contributed by atoms with van der Waals surface area (Å²) >= 11 is 0. The molecule has 1 aromatic heterocycles. The molecule has 2 heterocycles. The van der Waals surface area contributed by atoms with Crippen molar-refractivity contribution < 1.29 is 13.7 Å². The molecule has 0 spiro atoms. The van der Waals surface area contributed by atoms with Crippen LogP contribution in [0.2, 0.25) is 0 Å². The van der Waals surface area contributed by atoms with E-state index in [2.05, 4.69) is 10.1 Å². The van der Waals surface area contributed by atoms with Gasteiger partial charge in [0.25, 0.3) is 0 Å². The van der Waals surface area contributed by atoms with Gasteiger partial charge < -0.3 is 19.9 Å². The van der Waals surface area contributed by atoms with E-state index in [0.29, 0.717) is 42.7 Å². The Labute approximate surface area is 187 Å². The summed E-state index contributed by atoms with van der Waals surface area (Å²) in [5.41, 5.74) is 10.7. The molecule has 7 heteroatoms. The Morgan fingerprint density at radius 1 is 1.09 bits per heavy atom. The minimum atomic E-state index is -0.282. The number of ether oxygens (including phenoxy) is 1. The Morgan fingerprint density at radius 3 is 2.53 bits per heavy atom. The highest BCUT2D eigenvalue weighted by atomic mass is 19.1. The molecule has 0 atom stereocenters. The molecule has 0 amide bonds. The fourth-order valence-electron chi connectivity index (χ4n) is 3.76. The third-order valence-corrected chi connectivity index (χ3v) is 5.39. The fourth-order valence-corrected chi connectivity index (χ4v) is 3.76. The lowest BCUT2D eigenvalue weighted by Crippen LogP contribution is -2.44. The normalized spacial score (nSPS) is 14.5. The zero-order valence-electron chi connectivity index (χ0n) is 18.3. The Hall–Kier alpha value is -3.45. The second-order valence-corrected chi connectivity index (χ2v) is 7.89. The van der Waals surface area contributed by atoms with Crippen LogP contribution in [0.5, 0.6) is 0 Å². The number of nitrogens with zero attached hydrogens (tertiary/aromatic N) is 3.